The van der Waals surface area contributed by atoms with Gasteiger partial charge in [0.05, 0.1) is 0 Å². The van der Waals surface area contributed by atoms with Crippen molar-refractivity contribution in [3.63, 3.8) is 0 Å². The molecular formula is C20H28N4. The van der Waals surface area contributed by atoms with Gasteiger partial charge in [0.2, 0.25) is 0 Å². The Morgan fingerprint density at radius 1 is 1.08 bits per heavy atom. The predicted octanol–water partition coefficient (Wildman–Crippen LogP) is 2.58. The fourth-order valence-electron chi connectivity index (χ4n) is 3.72. The molecule has 4 heteroatoms. The summed E-state index contributed by atoms with van der Waals surface area (Å²) in [5.41, 5.74) is 11.4. The quantitative estimate of drug-likeness (QED) is 0.887. The highest BCUT2D eigenvalue weighted by Gasteiger charge is 2.37. The molecule has 1 unspecified atom stereocenters. The van der Waals surface area contributed by atoms with Crippen LogP contribution in [0.1, 0.15) is 35.4 Å². The normalized spacial score (nSPS) is 18.5. The summed E-state index contributed by atoms with van der Waals surface area (Å²) < 4.78 is 0. The van der Waals surface area contributed by atoms with E-state index in [4.69, 9.17) is 5.73 Å². The summed E-state index contributed by atoms with van der Waals surface area (Å²) in [5, 5.41) is 3.52. The Balaban J connectivity index is 1.91. The molecule has 1 saturated heterocycles. The first-order valence-electron chi connectivity index (χ1n) is 8.89. The van der Waals surface area contributed by atoms with E-state index in [2.05, 4.69) is 41.3 Å². The molecule has 0 saturated carbocycles. The van der Waals surface area contributed by atoms with Gasteiger partial charge in [-0.1, -0.05) is 12.1 Å². The molecule has 128 valence electrons. The Morgan fingerprint density at radius 3 is 2.12 bits per heavy atom. The van der Waals surface area contributed by atoms with Gasteiger partial charge in [0, 0.05) is 42.2 Å². The maximum absolute atomic E-state index is 7.05. The van der Waals surface area contributed by atoms with Crippen molar-refractivity contribution in [1.29, 1.82) is 0 Å². The standard InChI is InChI=1S/C20H28N4/c1-15-6-3-10-23-18(15)12-20(21,17-8-5-9-22-14-17)13-19-16(2)7-4-11-24-19/h3-4,6-7,10-11,17,22H,5,8-9,12-14,21H2,1-2H3. The van der Waals surface area contributed by atoms with Crippen LogP contribution in [0.5, 0.6) is 0 Å². The van der Waals surface area contributed by atoms with E-state index in [9.17, 15) is 0 Å². The number of hydrogen-bond acceptors (Lipinski definition) is 4. The summed E-state index contributed by atoms with van der Waals surface area (Å²) >= 11 is 0. The maximum Gasteiger partial charge on any atom is 0.0451 e. The summed E-state index contributed by atoms with van der Waals surface area (Å²) in [6.45, 7) is 6.31. The van der Waals surface area contributed by atoms with E-state index in [1.165, 1.54) is 24.0 Å². The number of pyridine rings is 2. The molecule has 2 aromatic heterocycles. The number of nitrogens with two attached hydrogens (primary N) is 1. The van der Waals surface area contributed by atoms with Gasteiger partial charge in [0.1, 0.15) is 0 Å². The van der Waals surface area contributed by atoms with Crippen molar-refractivity contribution in [1.82, 2.24) is 15.3 Å². The topological polar surface area (TPSA) is 63.8 Å². The molecule has 1 fully saturated rings. The van der Waals surface area contributed by atoms with Crippen molar-refractivity contribution in [3.8, 4) is 0 Å². The molecule has 0 amide bonds. The van der Waals surface area contributed by atoms with E-state index in [0.29, 0.717) is 5.92 Å². The SMILES string of the molecule is Cc1cccnc1CC(N)(Cc1ncccc1C)C1CCCNC1. The lowest BCUT2D eigenvalue weighted by atomic mass is 9.73. The zero-order valence-electron chi connectivity index (χ0n) is 14.8. The molecule has 3 heterocycles. The molecule has 0 radical (unpaired) electrons. The average Bonchev–Trinajstić information content (AvgIpc) is 2.60. The molecule has 24 heavy (non-hydrogen) atoms. The number of nitrogens with zero attached hydrogens (tertiary/aromatic N) is 2. The molecule has 2 aromatic rings. The maximum atomic E-state index is 7.05. The van der Waals surface area contributed by atoms with E-state index >= 15 is 0 Å². The van der Waals surface area contributed by atoms with Gasteiger partial charge >= 0.3 is 0 Å². The van der Waals surface area contributed by atoms with Crippen molar-refractivity contribution in [2.75, 3.05) is 13.1 Å². The highest BCUT2D eigenvalue weighted by molar-refractivity contribution is 5.25. The van der Waals surface area contributed by atoms with Crippen LogP contribution in [-0.4, -0.2) is 28.6 Å². The lowest BCUT2D eigenvalue weighted by Crippen LogP contribution is -2.56. The van der Waals surface area contributed by atoms with Gasteiger partial charge in [-0.3, -0.25) is 9.97 Å². The first-order chi connectivity index (χ1) is 11.6. The number of rotatable bonds is 5. The predicted molar refractivity (Wildman–Crippen MR) is 97.9 cm³/mol. The van der Waals surface area contributed by atoms with Crippen LogP contribution in [-0.2, 0) is 12.8 Å². The molecule has 3 N–H and O–H groups in total. The molecule has 1 atom stereocenters. The average molecular weight is 324 g/mol. The van der Waals surface area contributed by atoms with Crippen molar-refractivity contribution >= 4 is 0 Å². The molecule has 0 bridgehead atoms. The molecule has 0 aliphatic carbocycles. The minimum atomic E-state index is -0.328. The van der Waals surface area contributed by atoms with Crippen molar-refractivity contribution < 1.29 is 0 Å². The number of aryl methyl sites for hydroxylation is 2. The van der Waals surface area contributed by atoms with Crippen LogP contribution in [0.15, 0.2) is 36.7 Å². The Kier molecular flexibility index (Phi) is 5.27. The summed E-state index contributed by atoms with van der Waals surface area (Å²) in [4.78, 5) is 9.20. The first kappa shape index (κ1) is 17.1. The second-order valence-electron chi connectivity index (χ2n) is 7.16. The third kappa shape index (κ3) is 3.82. The lowest BCUT2D eigenvalue weighted by molar-refractivity contribution is 0.212. The van der Waals surface area contributed by atoms with E-state index in [0.717, 1.165) is 37.3 Å². The fourth-order valence-corrected chi connectivity index (χ4v) is 3.72. The summed E-state index contributed by atoms with van der Waals surface area (Å²) in [7, 11) is 0. The van der Waals surface area contributed by atoms with Crippen LogP contribution < -0.4 is 11.1 Å². The Bertz CT molecular complexity index is 629. The van der Waals surface area contributed by atoms with E-state index in [-0.39, 0.29) is 5.54 Å². The van der Waals surface area contributed by atoms with E-state index in [1.54, 1.807) is 0 Å². The molecule has 3 rings (SSSR count). The zero-order chi connectivity index (χ0) is 17.0. The van der Waals surface area contributed by atoms with Crippen molar-refractivity contribution in [3.05, 3.63) is 59.2 Å². The van der Waals surface area contributed by atoms with E-state index in [1.807, 2.05) is 24.5 Å². The van der Waals surface area contributed by atoms with Crippen LogP contribution >= 0.6 is 0 Å². The van der Waals surface area contributed by atoms with Crippen molar-refractivity contribution in [2.24, 2.45) is 11.7 Å². The number of nitrogens with one attached hydrogen (secondary N) is 1. The molecule has 0 aromatic carbocycles. The third-order valence-electron chi connectivity index (χ3n) is 5.34. The van der Waals surface area contributed by atoms with Gasteiger partial charge in [-0.05, 0) is 69.0 Å². The van der Waals surface area contributed by atoms with E-state index < -0.39 is 0 Å². The zero-order valence-corrected chi connectivity index (χ0v) is 14.8. The van der Waals surface area contributed by atoms with Crippen LogP contribution in [0.4, 0.5) is 0 Å². The van der Waals surface area contributed by atoms with Crippen LogP contribution in [0.2, 0.25) is 0 Å². The van der Waals surface area contributed by atoms with Crippen LogP contribution in [0, 0.1) is 19.8 Å². The highest BCUT2D eigenvalue weighted by atomic mass is 14.9. The van der Waals surface area contributed by atoms with Gasteiger partial charge < -0.3 is 11.1 Å². The minimum Gasteiger partial charge on any atom is -0.324 e. The van der Waals surface area contributed by atoms with Gasteiger partial charge in [0.25, 0.3) is 0 Å². The van der Waals surface area contributed by atoms with Gasteiger partial charge in [-0.15, -0.1) is 0 Å². The molecule has 4 nitrogen and oxygen atoms in total. The summed E-state index contributed by atoms with van der Waals surface area (Å²) in [6.07, 6.45) is 7.68. The van der Waals surface area contributed by atoms with Crippen LogP contribution in [0.3, 0.4) is 0 Å². The molecular weight excluding hydrogens is 296 g/mol. The minimum absolute atomic E-state index is 0.328. The van der Waals surface area contributed by atoms with Gasteiger partial charge in [-0.25, -0.2) is 0 Å². The summed E-state index contributed by atoms with van der Waals surface area (Å²) in [6, 6.07) is 8.21. The van der Waals surface area contributed by atoms with Crippen LogP contribution in [0.25, 0.3) is 0 Å². The first-order valence-corrected chi connectivity index (χ1v) is 8.89. The summed E-state index contributed by atoms with van der Waals surface area (Å²) in [5.74, 6) is 0.439. The highest BCUT2D eigenvalue weighted by Crippen LogP contribution is 2.30. The second-order valence-corrected chi connectivity index (χ2v) is 7.16. The fraction of sp³-hybridized carbons (Fsp3) is 0.500. The number of hydrogen-bond donors (Lipinski definition) is 2. The lowest BCUT2D eigenvalue weighted by Gasteiger charge is -2.40. The Hall–Kier alpha value is -1.78. The third-order valence-corrected chi connectivity index (χ3v) is 5.34. The molecule has 0 spiro atoms. The van der Waals surface area contributed by atoms with Crippen molar-refractivity contribution in [2.45, 2.75) is 45.1 Å². The van der Waals surface area contributed by atoms with Gasteiger partial charge in [-0.2, -0.15) is 0 Å². The number of aromatic nitrogens is 2. The Labute approximate surface area is 144 Å². The largest absolute Gasteiger partial charge is 0.324 e. The molecule has 1 aliphatic heterocycles. The van der Waals surface area contributed by atoms with Gasteiger partial charge in [0.15, 0.2) is 0 Å². The second kappa shape index (κ2) is 7.41. The Morgan fingerprint density at radius 2 is 1.67 bits per heavy atom. The molecule has 1 aliphatic rings. The monoisotopic (exact) mass is 324 g/mol. The number of piperidine rings is 1. The smallest absolute Gasteiger partial charge is 0.0451 e.